The third-order valence-electron chi connectivity index (χ3n) is 4.53. The number of sulfonamides is 1. The van der Waals surface area contributed by atoms with Crippen LogP contribution in [0.3, 0.4) is 0 Å². The number of hydrogen-bond acceptors (Lipinski definition) is 6. The molecule has 11 heteroatoms. The molecule has 0 saturated carbocycles. The van der Waals surface area contributed by atoms with E-state index < -0.39 is 21.8 Å². The number of methoxy groups -OCH3 is 1. The molecule has 1 fully saturated rings. The van der Waals surface area contributed by atoms with Crippen molar-refractivity contribution >= 4 is 15.7 Å². The molecule has 1 aromatic carbocycles. The van der Waals surface area contributed by atoms with Crippen molar-refractivity contribution in [3.63, 3.8) is 0 Å². The zero-order chi connectivity index (χ0) is 21.8. The molecule has 0 atom stereocenters. The monoisotopic (exact) mass is 443 g/mol. The van der Waals surface area contributed by atoms with Gasteiger partial charge in [0.2, 0.25) is 15.9 Å². The van der Waals surface area contributed by atoms with E-state index in [0.29, 0.717) is 30.0 Å². The Morgan fingerprint density at radius 2 is 1.90 bits per heavy atom. The lowest BCUT2D eigenvalue weighted by atomic mass is 10.1. The van der Waals surface area contributed by atoms with Crippen molar-refractivity contribution < 1.29 is 31.2 Å². The van der Waals surface area contributed by atoms with Gasteiger partial charge in [-0.3, -0.25) is 0 Å². The van der Waals surface area contributed by atoms with Crippen LogP contribution in [0.5, 0.6) is 5.88 Å². The summed E-state index contributed by atoms with van der Waals surface area (Å²) in [5, 5.41) is 3.97. The maximum Gasteiger partial charge on any atom is 0.416 e. The van der Waals surface area contributed by atoms with Crippen LogP contribution >= 0.6 is 0 Å². The first-order chi connectivity index (χ1) is 14.2. The van der Waals surface area contributed by atoms with E-state index in [0.717, 1.165) is 12.1 Å². The van der Waals surface area contributed by atoms with E-state index in [2.05, 4.69) is 10.1 Å². The Hall–Kier alpha value is -2.66. The number of piperidine rings is 1. The Morgan fingerprint density at radius 1 is 1.17 bits per heavy atom. The summed E-state index contributed by atoms with van der Waals surface area (Å²) in [6.45, 7) is 0.340. The van der Waals surface area contributed by atoms with Crippen molar-refractivity contribution in [3.05, 3.63) is 53.7 Å². The van der Waals surface area contributed by atoms with Crippen LogP contribution in [0.1, 0.15) is 24.0 Å². The van der Waals surface area contributed by atoms with Gasteiger partial charge in [0.05, 0.1) is 24.6 Å². The molecular formula is C19H20F3N3O4S. The van der Waals surface area contributed by atoms with Crippen molar-refractivity contribution in [1.29, 1.82) is 0 Å². The molecule has 1 aliphatic heterocycles. The van der Waals surface area contributed by atoms with Crippen LogP contribution in [0.4, 0.5) is 13.2 Å². The van der Waals surface area contributed by atoms with Gasteiger partial charge < -0.3 is 9.57 Å². The number of hydrogen-bond donors (Lipinski definition) is 0. The van der Waals surface area contributed by atoms with Crippen LogP contribution in [0.25, 0.3) is 0 Å². The summed E-state index contributed by atoms with van der Waals surface area (Å²) in [4.78, 5) is 9.18. The number of pyridine rings is 1. The van der Waals surface area contributed by atoms with Crippen molar-refractivity contribution in [2.24, 2.45) is 5.16 Å². The van der Waals surface area contributed by atoms with Crippen LogP contribution in [0.2, 0.25) is 0 Å². The smallest absolute Gasteiger partial charge is 0.416 e. The average molecular weight is 443 g/mol. The van der Waals surface area contributed by atoms with Gasteiger partial charge in [-0.15, -0.1) is 0 Å². The Kier molecular flexibility index (Phi) is 6.61. The van der Waals surface area contributed by atoms with E-state index in [1.807, 2.05) is 0 Å². The number of oxime groups is 1. The summed E-state index contributed by atoms with van der Waals surface area (Å²) >= 11 is 0. The number of ether oxygens (including phenoxy) is 1. The SMILES string of the molecule is COc1ccc(S(=O)(=O)N2CCC(=NOCc3cccc(C(F)(F)F)c3)CC2)cn1. The molecule has 0 spiro atoms. The topological polar surface area (TPSA) is 81.1 Å². The Bertz CT molecular complexity index is 998. The van der Waals surface area contributed by atoms with Gasteiger partial charge in [-0.05, 0) is 23.8 Å². The Balaban J connectivity index is 1.55. The van der Waals surface area contributed by atoms with Crippen molar-refractivity contribution in [1.82, 2.24) is 9.29 Å². The van der Waals surface area contributed by atoms with Crippen molar-refractivity contribution in [2.75, 3.05) is 20.2 Å². The number of aromatic nitrogens is 1. The van der Waals surface area contributed by atoms with Crippen LogP contribution in [0, 0.1) is 0 Å². The predicted molar refractivity (Wildman–Crippen MR) is 102 cm³/mol. The van der Waals surface area contributed by atoms with Crippen LogP contribution in [-0.4, -0.2) is 43.6 Å². The van der Waals surface area contributed by atoms with Crippen LogP contribution in [-0.2, 0) is 27.6 Å². The maximum atomic E-state index is 12.7. The zero-order valence-electron chi connectivity index (χ0n) is 16.1. The molecule has 2 heterocycles. The Morgan fingerprint density at radius 3 is 2.50 bits per heavy atom. The lowest BCUT2D eigenvalue weighted by molar-refractivity contribution is -0.137. The molecule has 3 rings (SSSR count). The van der Waals surface area contributed by atoms with Gasteiger partial charge in [-0.25, -0.2) is 13.4 Å². The molecule has 0 aliphatic carbocycles. The third-order valence-corrected chi connectivity index (χ3v) is 6.42. The van der Waals surface area contributed by atoms with Crippen molar-refractivity contribution in [3.8, 4) is 5.88 Å². The van der Waals surface area contributed by atoms with Crippen LogP contribution < -0.4 is 4.74 Å². The highest BCUT2D eigenvalue weighted by Crippen LogP contribution is 2.29. The van der Waals surface area contributed by atoms with Gasteiger partial charge in [0, 0.05) is 32.0 Å². The molecule has 0 unspecified atom stereocenters. The molecular weight excluding hydrogens is 423 g/mol. The van der Waals surface area contributed by atoms with E-state index >= 15 is 0 Å². The molecule has 0 N–H and O–H groups in total. The average Bonchev–Trinajstić information content (AvgIpc) is 2.74. The molecule has 162 valence electrons. The number of alkyl halides is 3. The zero-order valence-corrected chi connectivity index (χ0v) is 16.9. The van der Waals surface area contributed by atoms with Gasteiger partial charge in [0.1, 0.15) is 11.5 Å². The summed E-state index contributed by atoms with van der Waals surface area (Å²) in [6, 6.07) is 7.75. The summed E-state index contributed by atoms with van der Waals surface area (Å²) in [5.41, 5.74) is 0.255. The third kappa shape index (κ3) is 5.28. The molecule has 0 radical (unpaired) electrons. The summed E-state index contributed by atoms with van der Waals surface area (Å²) < 4.78 is 69.9. The van der Waals surface area contributed by atoms with E-state index in [1.54, 1.807) is 0 Å². The van der Waals surface area contributed by atoms with Gasteiger partial charge in [0.25, 0.3) is 0 Å². The van der Waals surface area contributed by atoms with E-state index in [4.69, 9.17) is 9.57 Å². The fourth-order valence-electron chi connectivity index (χ4n) is 2.90. The van der Waals surface area contributed by atoms with Crippen molar-refractivity contribution in [2.45, 2.75) is 30.5 Å². The fourth-order valence-corrected chi connectivity index (χ4v) is 4.29. The molecule has 0 amide bonds. The minimum Gasteiger partial charge on any atom is -0.481 e. The van der Waals surface area contributed by atoms with E-state index in [9.17, 15) is 21.6 Å². The molecule has 0 bridgehead atoms. The lowest BCUT2D eigenvalue weighted by Crippen LogP contribution is -2.38. The summed E-state index contributed by atoms with van der Waals surface area (Å²) in [7, 11) is -2.24. The molecule has 1 aliphatic rings. The second-order valence-electron chi connectivity index (χ2n) is 6.57. The number of halogens is 3. The summed E-state index contributed by atoms with van der Waals surface area (Å²) in [6.07, 6.45) is -2.44. The first-order valence-corrected chi connectivity index (χ1v) is 10.5. The highest BCUT2D eigenvalue weighted by Gasteiger charge is 2.30. The Labute approximate surface area is 172 Å². The molecule has 1 aromatic heterocycles. The van der Waals surface area contributed by atoms with E-state index in [-0.39, 0.29) is 24.6 Å². The molecule has 1 saturated heterocycles. The number of benzene rings is 1. The second kappa shape index (κ2) is 9.00. The van der Waals surface area contributed by atoms with Gasteiger partial charge >= 0.3 is 6.18 Å². The number of nitrogens with zero attached hydrogens (tertiary/aromatic N) is 3. The van der Waals surface area contributed by atoms with Crippen LogP contribution in [0.15, 0.2) is 52.6 Å². The molecule has 2 aromatic rings. The van der Waals surface area contributed by atoms with Gasteiger partial charge in [0.15, 0.2) is 0 Å². The normalized spacial score (nSPS) is 15.7. The number of rotatable bonds is 6. The first kappa shape index (κ1) is 22.0. The van der Waals surface area contributed by atoms with E-state index in [1.165, 1.54) is 41.9 Å². The first-order valence-electron chi connectivity index (χ1n) is 9.04. The molecule has 30 heavy (non-hydrogen) atoms. The second-order valence-corrected chi connectivity index (χ2v) is 8.51. The summed E-state index contributed by atoms with van der Waals surface area (Å²) in [5.74, 6) is 0.319. The highest BCUT2D eigenvalue weighted by atomic mass is 32.2. The quantitative estimate of drug-likeness (QED) is 0.639. The lowest BCUT2D eigenvalue weighted by Gasteiger charge is -2.26. The fraction of sp³-hybridized carbons (Fsp3) is 0.368. The maximum absolute atomic E-state index is 12.7. The minimum atomic E-state index is -4.42. The predicted octanol–water partition coefficient (Wildman–Crippen LogP) is 3.47. The largest absolute Gasteiger partial charge is 0.481 e. The van der Waals surface area contributed by atoms with Gasteiger partial charge in [-0.1, -0.05) is 17.3 Å². The standard InChI is InChI=1S/C19H20F3N3O4S/c1-28-18-6-5-17(12-23-18)30(26,27)25-9-7-16(8-10-25)24-29-13-14-3-2-4-15(11-14)19(20,21)22/h2-6,11-12H,7-10,13H2,1H3. The van der Waals surface area contributed by atoms with Gasteiger partial charge in [-0.2, -0.15) is 17.5 Å². The molecule has 7 nitrogen and oxygen atoms in total. The highest BCUT2D eigenvalue weighted by molar-refractivity contribution is 7.89. The minimum absolute atomic E-state index is 0.0736.